The van der Waals surface area contributed by atoms with Gasteiger partial charge in [-0.25, -0.2) is 0 Å². The molecule has 0 spiro atoms. The standard InChI is InChI=1S/C20H27N3OS/c1-3-22(4-2)16-12-10-15(11-13-16)14-18-19(24)23(20(25)21-18)17-8-6-5-7-9-17/h10-14,17H,3-9H2,1-2H3,(H,21,25)/b18-14-. The molecule has 4 nitrogen and oxygen atoms in total. The molecule has 2 fully saturated rings. The molecule has 5 heteroatoms. The smallest absolute Gasteiger partial charge is 0.276 e. The molecule has 1 aliphatic heterocycles. The molecule has 1 N–H and O–H groups in total. The van der Waals surface area contributed by atoms with Crippen LogP contribution in [-0.2, 0) is 4.79 Å². The second-order valence-electron chi connectivity index (χ2n) is 6.72. The molecule has 0 unspecified atom stereocenters. The van der Waals surface area contributed by atoms with Crippen LogP contribution >= 0.6 is 12.2 Å². The number of carbonyl (C=O) groups excluding carboxylic acids is 1. The van der Waals surface area contributed by atoms with Crippen molar-refractivity contribution in [3.05, 3.63) is 35.5 Å². The summed E-state index contributed by atoms with van der Waals surface area (Å²) >= 11 is 5.42. The maximum atomic E-state index is 12.8. The summed E-state index contributed by atoms with van der Waals surface area (Å²) in [4.78, 5) is 16.9. The van der Waals surface area contributed by atoms with Crippen molar-refractivity contribution in [2.75, 3.05) is 18.0 Å². The number of hydrogen-bond acceptors (Lipinski definition) is 3. The van der Waals surface area contributed by atoms with E-state index in [0.29, 0.717) is 10.8 Å². The van der Waals surface area contributed by atoms with Gasteiger partial charge in [0.2, 0.25) is 0 Å². The molecule has 25 heavy (non-hydrogen) atoms. The normalized spacial score (nSPS) is 20.2. The van der Waals surface area contributed by atoms with Crippen LogP contribution in [-0.4, -0.2) is 35.1 Å². The van der Waals surface area contributed by atoms with Gasteiger partial charge in [0.15, 0.2) is 5.11 Å². The van der Waals surface area contributed by atoms with Gasteiger partial charge in [0, 0.05) is 24.8 Å². The van der Waals surface area contributed by atoms with Gasteiger partial charge in [-0.1, -0.05) is 31.4 Å². The molecule has 1 amide bonds. The van der Waals surface area contributed by atoms with E-state index in [-0.39, 0.29) is 11.9 Å². The minimum Gasteiger partial charge on any atom is -0.372 e. The third-order valence-corrected chi connectivity index (χ3v) is 5.48. The zero-order valence-corrected chi connectivity index (χ0v) is 15.9. The summed E-state index contributed by atoms with van der Waals surface area (Å²) < 4.78 is 0. The Labute approximate surface area is 155 Å². The fraction of sp³-hybridized carbons (Fsp3) is 0.500. The monoisotopic (exact) mass is 357 g/mol. The molecular weight excluding hydrogens is 330 g/mol. The molecule has 0 radical (unpaired) electrons. The van der Waals surface area contributed by atoms with Crippen LogP contribution in [0.25, 0.3) is 6.08 Å². The predicted molar refractivity (Wildman–Crippen MR) is 107 cm³/mol. The number of carbonyl (C=O) groups is 1. The summed E-state index contributed by atoms with van der Waals surface area (Å²) in [6.45, 7) is 6.28. The molecule has 1 heterocycles. The lowest BCUT2D eigenvalue weighted by Crippen LogP contribution is -2.41. The Morgan fingerprint density at radius 1 is 1.16 bits per heavy atom. The lowest BCUT2D eigenvalue weighted by molar-refractivity contribution is -0.124. The van der Waals surface area contributed by atoms with Gasteiger partial charge in [-0.05, 0) is 62.7 Å². The molecule has 1 aromatic rings. The lowest BCUT2D eigenvalue weighted by atomic mass is 9.94. The second kappa shape index (κ2) is 8.00. The molecule has 134 valence electrons. The van der Waals surface area contributed by atoms with Crippen molar-refractivity contribution in [1.82, 2.24) is 10.2 Å². The molecular formula is C20H27N3OS. The number of amides is 1. The van der Waals surface area contributed by atoms with E-state index in [4.69, 9.17) is 12.2 Å². The molecule has 0 bridgehead atoms. The Morgan fingerprint density at radius 2 is 1.80 bits per heavy atom. The predicted octanol–water partition coefficient (Wildman–Crippen LogP) is 3.92. The van der Waals surface area contributed by atoms with Gasteiger partial charge >= 0.3 is 0 Å². The Morgan fingerprint density at radius 3 is 2.40 bits per heavy atom. The number of nitrogens with zero attached hydrogens (tertiary/aromatic N) is 2. The average Bonchev–Trinajstić information content (AvgIpc) is 2.91. The summed E-state index contributed by atoms with van der Waals surface area (Å²) in [6.07, 6.45) is 7.65. The maximum Gasteiger partial charge on any atom is 0.276 e. The van der Waals surface area contributed by atoms with Crippen LogP contribution in [0.3, 0.4) is 0 Å². The summed E-state index contributed by atoms with van der Waals surface area (Å²) in [5.41, 5.74) is 2.81. The van der Waals surface area contributed by atoms with Crippen LogP contribution < -0.4 is 10.2 Å². The average molecular weight is 358 g/mol. The first-order chi connectivity index (χ1) is 12.1. The fourth-order valence-electron chi connectivity index (χ4n) is 3.76. The Hall–Kier alpha value is -1.88. The number of rotatable bonds is 5. The molecule has 1 saturated carbocycles. The number of benzene rings is 1. The third-order valence-electron chi connectivity index (χ3n) is 5.18. The summed E-state index contributed by atoms with van der Waals surface area (Å²) in [6, 6.07) is 8.59. The minimum absolute atomic E-state index is 0.0183. The van der Waals surface area contributed by atoms with Gasteiger partial charge in [0.05, 0.1) is 0 Å². The van der Waals surface area contributed by atoms with Crippen LogP contribution in [0, 0.1) is 0 Å². The van der Waals surface area contributed by atoms with E-state index < -0.39 is 0 Å². The highest BCUT2D eigenvalue weighted by Crippen LogP contribution is 2.27. The fourth-order valence-corrected chi connectivity index (χ4v) is 4.10. The molecule has 0 atom stereocenters. The van der Waals surface area contributed by atoms with Crippen molar-refractivity contribution < 1.29 is 4.79 Å². The van der Waals surface area contributed by atoms with Crippen molar-refractivity contribution in [3.8, 4) is 0 Å². The van der Waals surface area contributed by atoms with Crippen molar-refractivity contribution >= 4 is 35.0 Å². The third kappa shape index (κ3) is 3.87. The first kappa shape index (κ1) is 17.9. The van der Waals surface area contributed by atoms with Crippen LogP contribution in [0.4, 0.5) is 5.69 Å². The first-order valence-electron chi connectivity index (χ1n) is 9.35. The van der Waals surface area contributed by atoms with Gasteiger partial charge in [0.25, 0.3) is 5.91 Å². The Bertz CT molecular complexity index is 658. The van der Waals surface area contributed by atoms with Gasteiger partial charge in [-0.15, -0.1) is 0 Å². The van der Waals surface area contributed by atoms with E-state index in [1.807, 2.05) is 6.08 Å². The highest BCUT2D eigenvalue weighted by atomic mass is 32.1. The van der Waals surface area contributed by atoms with Gasteiger partial charge < -0.3 is 10.2 Å². The van der Waals surface area contributed by atoms with Crippen LogP contribution in [0.15, 0.2) is 30.0 Å². The van der Waals surface area contributed by atoms with Crippen molar-refractivity contribution in [3.63, 3.8) is 0 Å². The molecule has 1 saturated heterocycles. The SMILES string of the molecule is CCN(CC)c1ccc(/C=C2\NC(=S)N(C3CCCCC3)C2=O)cc1. The summed E-state index contributed by atoms with van der Waals surface area (Å²) in [5, 5.41) is 3.68. The maximum absolute atomic E-state index is 12.8. The Balaban J connectivity index is 1.75. The van der Waals surface area contributed by atoms with Crippen LogP contribution in [0.2, 0.25) is 0 Å². The molecule has 1 aromatic carbocycles. The largest absolute Gasteiger partial charge is 0.372 e. The summed E-state index contributed by atoms with van der Waals surface area (Å²) in [5.74, 6) is 0.0183. The molecule has 3 rings (SSSR count). The van der Waals surface area contributed by atoms with E-state index >= 15 is 0 Å². The quantitative estimate of drug-likeness (QED) is 0.640. The highest BCUT2D eigenvalue weighted by molar-refractivity contribution is 7.80. The van der Waals surface area contributed by atoms with Crippen molar-refractivity contribution in [2.45, 2.75) is 52.0 Å². The van der Waals surface area contributed by atoms with Gasteiger partial charge in [-0.3, -0.25) is 9.69 Å². The number of nitrogens with one attached hydrogen (secondary N) is 1. The number of anilines is 1. The van der Waals surface area contributed by atoms with E-state index in [0.717, 1.165) is 31.5 Å². The summed E-state index contributed by atoms with van der Waals surface area (Å²) in [7, 11) is 0. The van der Waals surface area contributed by atoms with E-state index in [1.165, 1.54) is 24.9 Å². The minimum atomic E-state index is 0.0183. The molecule has 1 aliphatic carbocycles. The van der Waals surface area contributed by atoms with E-state index in [1.54, 1.807) is 4.90 Å². The zero-order chi connectivity index (χ0) is 17.8. The Kier molecular flexibility index (Phi) is 5.74. The zero-order valence-electron chi connectivity index (χ0n) is 15.1. The van der Waals surface area contributed by atoms with E-state index in [2.05, 4.69) is 48.3 Å². The van der Waals surface area contributed by atoms with Crippen molar-refractivity contribution in [1.29, 1.82) is 0 Å². The molecule has 2 aliphatic rings. The van der Waals surface area contributed by atoms with Crippen LogP contribution in [0.1, 0.15) is 51.5 Å². The highest BCUT2D eigenvalue weighted by Gasteiger charge is 2.36. The van der Waals surface area contributed by atoms with Gasteiger partial charge in [0.1, 0.15) is 5.70 Å². The van der Waals surface area contributed by atoms with Crippen LogP contribution in [0.5, 0.6) is 0 Å². The number of thiocarbonyl (C=S) groups is 1. The van der Waals surface area contributed by atoms with E-state index in [9.17, 15) is 4.79 Å². The topological polar surface area (TPSA) is 35.6 Å². The second-order valence-corrected chi connectivity index (χ2v) is 7.11. The first-order valence-corrected chi connectivity index (χ1v) is 9.76. The van der Waals surface area contributed by atoms with Gasteiger partial charge in [-0.2, -0.15) is 0 Å². The van der Waals surface area contributed by atoms with Crippen molar-refractivity contribution in [2.24, 2.45) is 0 Å². The number of hydrogen-bond donors (Lipinski definition) is 1. The lowest BCUT2D eigenvalue weighted by Gasteiger charge is -2.29. The molecule has 0 aromatic heterocycles.